The van der Waals surface area contributed by atoms with Gasteiger partial charge in [0.1, 0.15) is 0 Å². The molecule has 0 aromatic carbocycles. The Kier molecular flexibility index (Phi) is 7.48. The monoisotopic (exact) mass is 260 g/mol. The maximum absolute atomic E-state index is 12.0. The van der Waals surface area contributed by atoms with E-state index in [4.69, 9.17) is 14.9 Å². The fourth-order valence-corrected chi connectivity index (χ4v) is 1.72. The van der Waals surface area contributed by atoms with E-state index in [9.17, 15) is 4.79 Å². The van der Waals surface area contributed by atoms with Crippen molar-refractivity contribution in [1.29, 1.82) is 0 Å². The predicted octanol–water partition coefficient (Wildman–Crippen LogP) is 1.84. The summed E-state index contributed by atoms with van der Waals surface area (Å²) in [6.45, 7) is 10.0. The molecule has 4 nitrogen and oxygen atoms in total. The van der Waals surface area contributed by atoms with Crippen molar-refractivity contribution >= 4 is 5.97 Å². The Morgan fingerprint density at radius 1 is 1.17 bits per heavy atom. The summed E-state index contributed by atoms with van der Waals surface area (Å²) in [7, 11) is 0. The van der Waals surface area contributed by atoms with Gasteiger partial charge in [-0.2, -0.15) is 0 Å². The highest BCUT2D eigenvalue weighted by molar-refractivity contribution is 5.72. The summed E-state index contributed by atoms with van der Waals surface area (Å²) in [6, 6.07) is 0. The number of esters is 1. The minimum atomic E-state index is -0.378. The minimum absolute atomic E-state index is 0.0707. The van der Waals surface area contributed by atoms with Crippen LogP contribution in [0.15, 0.2) is 0 Å². The molecule has 0 aromatic heterocycles. The van der Waals surface area contributed by atoms with Gasteiger partial charge in [-0.25, -0.2) is 0 Å². The van der Waals surface area contributed by atoms with Crippen LogP contribution in [0.4, 0.5) is 0 Å². The standard InChI is InChI=1S/C14H28O4/c1-10(2)12(6-14(3,4)5)13(17)18-9-11(7-15)8-16/h10-12,15-16H,6-9H2,1-5H3. The van der Waals surface area contributed by atoms with Crippen LogP contribution in [-0.2, 0) is 9.53 Å². The molecule has 0 bridgehead atoms. The molecule has 1 atom stereocenters. The summed E-state index contributed by atoms with van der Waals surface area (Å²) in [4.78, 5) is 12.0. The first-order chi connectivity index (χ1) is 8.21. The second kappa shape index (κ2) is 7.74. The molecular weight excluding hydrogens is 232 g/mol. The van der Waals surface area contributed by atoms with Crippen molar-refractivity contribution < 1.29 is 19.7 Å². The minimum Gasteiger partial charge on any atom is -0.465 e. The summed E-state index contributed by atoms with van der Waals surface area (Å²) in [6.07, 6.45) is 0.770. The van der Waals surface area contributed by atoms with Crippen molar-refractivity contribution in [3.8, 4) is 0 Å². The number of hydrogen-bond donors (Lipinski definition) is 2. The Morgan fingerprint density at radius 2 is 1.67 bits per heavy atom. The van der Waals surface area contributed by atoms with Gasteiger partial charge in [-0.1, -0.05) is 34.6 Å². The smallest absolute Gasteiger partial charge is 0.309 e. The van der Waals surface area contributed by atoms with Crippen molar-refractivity contribution in [2.24, 2.45) is 23.2 Å². The van der Waals surface area contributed by atoms with Gasteiger partial charge in [-0.05, 0) is 17.8 Å². The summed E-state index contributed by atoms with van der Waals surface area (Å²) in [5.74, 6) is -0.523. The summed E-state index contributed by atoms with van der Waals surface area (Å²) in [5.41, 5.74) is 0.0707. The largest absolute Gasteiger partial charge is 0.465 e. The lowest BCUT2D eigenvalue weighted by Crippen LogP contribution is -2.30. The molecule has 0 fully saturated rings. The summed E-state index contributed by atoms with van der Waals surface area (Å²) in [5, 5.41) is 17.8. The Labute approximate surface area is 110 Å². The van der Waals surface area contributed by atoms with Gasteiger partial charge in [0.2, 0.25) is 0 Å². The van der Waals surface area contributed by atoms with Crippen LogP contribution in [0.2, 0.25) is 0 Å². The molecule has 1 unspecified atom stereocenters. The second-order valence-corrected chi connectivity index (χ2v) is 6.48. The zero-order valence-electron chi connectivity index (χ0n) is 12.3. The van der Waals surface area contributed by atoms with E-state index < -0.39 is 0 Å². The summed E-state index contributed by atoms with van der Waals surface area (Å²) < 4.78 is 5.20. The number of rotatable bonds is 7. The van der Waals surface area contributed by atoms with Crippen LogP contribution in [-0.4, -0.2) is 36.0 Å². The molecule has 0 rings (SSSR count). The Bertz CT molecular complexity index is 239. The molecule has 0 aliphatic heterocycles. The summed E-state index contributed by atoms with van der Waals surface area (Å²) >= 11 is 0. The molecule has 0 radical (unpaired) electrons. The normalized spacial score (nSPS) is 14.1. The van der Waals surface area contributed by atoms with Crippen LogP contribution in [0.25, 0.3) is 0 Å². The first-order valence-electron chi connectivity index (χ1n) is 6.59. The van der Waals surface area contributed by atoms with Gasteiger partial charge in [0.25, 0.3) is 0 Å². The molecule has 0 amide bonds. The fourth-order valence-electron chi connectivity index (χ4n) is 1.72. The molecule has 4 heteroatoms. The average Bonchev–Trinajstić information content (AvgIpc) is 2.25. The molecule has 0 spiro atoms. The van der Waals surface area contributed by atoms with Gasteiger partial charge >= 0.3 is 5.97 Å². The van der Waals surface area contributed by atoms with Crippen molar-refractivity contribution in [3.63, 3.8) is 0 Å². The van der Waals surface area contributed by atoms with Crippen molar-refractivity contribution in [2.45, 2.75) is 41.0 Å². The predicted molar refractivity (Wildman–Crippen MR) is 71.0 cm³/mol. The molecule has 0 aliphatic rings. The molecule has 0 saturated carbocycles. The van der Waals surface area contributed by atoms with Gasteiger partial charge in [0, 0.05) is 5.92 Å². The molecule has 0 saturated heterocycles. The van der Waals surface area contributed by atoms with E-state index in [1.165, 1.54) is 0 Å². The van der Waals surface area contributed by atoms with E-state index in [-0.39, 0.29) is 49.0 Å². The lowest BCUT2D eigenvalue weighted by Gasteiger charge is -2.27. The van der Waals surface area contributed by atoms with E-state index in [2.05, 4.69) is 20.8 Å². The van der Waals surface area contributed by atoms with Crippen molar-refractivity contribution in [2.75, 3.05) is 19.8 Å². The SMILES string of the molecule is CC(C)C(CC(C)(C)C)C(=O)OCC(CO)CO. The number of carbonyl (C=O) groups excluding carboxylic acids is 1. The van der Waals surface area contributed by atoms with Crippen LogP contribution in [0.1, 0.15) is 41.0 Å². The molecular formula is C14H28O4. The van der Waals surface area contributed by atoms with E-state index in [1.807, 2.05) is 13.8 Å². The highest BCUT2D eigenvalue weighted by Gasteiger charge is 2.29. The second-order valence-electron chi connectivity index (χ2n) is 6.48. The van der Waals surface area contributed by atoms with Crippen LogP contribution >= 0.6 is 0 Å². The molecule has 0 aromatic rings. The van der Waals surface area contributed by atoms with E-state index in [0.717, 1.165) is 6.42 Å². The maximum Gasteiger partial charge on any atom is 0.309 e. The Hall–Kier alpha value is -0.610. The van der Waals surface area contributed by atoms with Gasteiger partial charge in [0.15, 0.2) is 0 Å². The highest BCUT2D eigenvalue weighted by atomic mass is 16.5. The molecule has 2 N–H and O–H groups in total. The fraction of sp³-hybridized carbons (Fsp3) is 0.929. The van der Waals surface area contributed by atoms with E-state index in [1.54, 1.807) is 0 Å². The first-order valence-corrected chi connectivity index (χ1v) is 6.59. The highest BCUT2D eigenvalue weighted by Crippen LogP contribution is 2.29. The maximum atomic E-state index is 12.0. The molecule has 0 heterocycles. The Morgan fingerprint density at radius 3 is 2.00 bits per heavy atom. The molecule has 18 heavy (non-hydrogen) atoms. The van der Waals surface area contributed by atoms with Gasteiger partial charge in [-0.3, -0.25) is 4.79 Å². The lowest BCUT2D eigenvalue weighted by molar-refractivity contribution is -0.153. The first kappa shape index (κ1) is 17.4. The van der Waals surface area contributed by atoms with E-state index >= 15 is 0 Å². The zero-order chi connectivity index (χ0) is 14.3. The third-order valence-electron chi connectivity index (χ3n) is 2.92. The third kappa shape index (κ3) is 6.97. The topological polar surface area (TPSA) is 66.8 Å². The van der Waals surface area contributed by atoms with E-state index in [0.29, 0.717) is 0 Å². The van der Waals surface area contributed by atoms with Crippen LogP contribution in [0.3, 0.4) is 0 Å². The lowest BCUT2D eigenvalue weighted by atomic mass is 9.80. The third-order valence-corrected chi connectivity index (χ3v) is 2.92. The van der Waals surface area contributed by atoms with Crippen LogP contribution < -0.4 is 0 Å². The molecule has 108 valence electrons. The quantitative estimate of drug-likeness (QED) is 0.685. The average molecular weight is 260 g/mol. The number of aliphatic hydroxyl groups excluding tert-OH is 2. The van der Waals surface area contributed by atoms with Crippen LogP contribution in [0, 0.1) is 23.2 Å². The van der Waals surface area contributed by atoms with Gasteiger partial charge in [0.05, 0.1) is 25.7 Å². The number of ether oxygens (including phenoxy) is 1. The van der Waals surface area contributed by atoms with Crippen molar-refractivity contribution in [1.82, 2.24) is 0 Å². The molecule has 0 aliphatic carbocycles. The zero-order valence-corrected chi connectivity index (χ0v) is 12.3. The number of hydrogen-bond acceptors (Lipinski definition) is 4. The van der Waals surface area contributed by atoms with Crippen molar-refractivity contribution in [3.05, 3.63) is 0 Å². The van der Waals surface area contributed by atoms with Crippen LogP contribution in [0.5, 0.6) is 0 Å². The van der Waals surface area contributed by atoms with Gasteiger partial charge in [-0.15, -0.1) is 0 Å². The Balaban J connectivity index is 4.40. The number of carbonyl (C=O) groups is 1. The number of aliphatic hydroxyl groups is 2. The van der Waals surface area contributed by atoms with Gasteiger partial charge < -0.3 is 14.9 Å².